The SMILES string of the molecule is CN(C(=O)c1c(S(N)(=O)=O)ccc2ccccc12)[C@H]1CCCN(Nc2ccccc2)C1. The Kier molecular flexibility index (Phi) is 5.95. The van der Waals surface area contributed by atoms with Crippen molar-refractivity contribution in [2.45, 2.75) is 23.8 Å². The van der Waals surface area contributed by atoms with Crippen LogP contribution in [0, 0.1) is 0 Å². The van der Waals surface area contributed by atoms with Crippen LogP contribution in [-0.2, 0) is 10.0 Å². The molecule has 3 aromatic rings. The summed E-state index contributed by atoms with van der Waals surface area (Å²) in [6.45, 7) is 1.50. The van der Waals surface area contributed by atoms with Crippen LogP contribution < -0.4 is 10.6 Å². The number of amides is 1. The molecule has 1 heterocycles. The van der Waals surface area contributed by atoms with Crippen molar-refractivity contribution in [2.24, 2.45) is 5.14 Å². The van der Waals surface area contributed by atoms with Crippen molar-refractivity contribution in [3.8, 4) is 0 Å². The Morgan fingerprint density at radius 1 is 1.06 bits per heavy atom. The van der Waals surface area contributed by atoms with Crippen LogP contribution in [0.15, 0.2) is 71.6 Å². The first kappa shape index (κ1) is 21.3. The van der Waals surface area contributed by atoms with Crippen LogP contribution in [0.2, 0.25) is 0 Å². The number of fused-ring (bicyclic) bond motifs is 1. The van der Waals surface area contributed by atoms with Crippen LogP contribution in [0.5, 0.6) is 0 Å². The van der Waals surface area contributed by atoms with E-state index < -0.39 is 10.0 Å². The highest BCUT2D eigenvalue weighted by atomic mass is 32.2. The summed E-state index contributed by atoms with van der Waals surface area (Å²) >= 11 is 0. The van der Waals surface area contributed by atoms with Crippen molar-refractivity contribution in [2.75, 3.05) is 25.6 Å². The molecule has 8 heteroatoms. The van der Waals surface area contributed by atoms with Gasteiger partial charge < -0.3 is 10.3 Å². The molecule has 0 aliphatic carbocycles. The lowest BCUT2D eigenvalue weighted by Gasteiger charge is -2.38. The number of primary sulfonamides is 1. The van der Waals surface area contributed by atoms with E-state index in [4.69, 9.17) is 5.14 Å². The Hall–Kier alpha value is -2.94. The lowest BCUT2D eigenvalue weighted by molar-refractivity contribution is 0.0641. The molecule has 3 N–H and O–H groups in total. The van der Waals surface area contributed by atoms with Gasteiger partial charge in [0.2, 0.25) is 10.0 Å². The molecule has 1 aliphatic heterocycles. The van der Waals surface area contributed by atoms with Gasteiger partial charge in [0.15, 0.2) is 0 Å². The first-order valence-electron chi connectivity index (χ1n) is 10.2. The van der Waals surface area contributed by atoms with Gasteiger partial charge in [-0.15, -0.1) is 0 Å². The largest absolute Gasteiger partial charge is 0.337 e. The Labute approximate surface area is 182 Å². The van der Waals surface area contributed by atoms with Gasteiger partial charge in [-0.2, -0.15) is 0 Å². The minimum atomic E-state index is -4.06. The number of piperidine rings is 1. The molecule has 0 spiro atoms. The molecular formula is C23H26N4O3S. The topological polar surface area (TPSA) is 95.7 Å². The van der Waals surface area contributed by atoms with Crippen LogP contribution in [0.1, 0.15) is 23.2 Å². The Bertz CT molecular complexity index is 1200. The van der Waals surface area contributed by atoms with Gasteiger partial charge in [-0.3, -0.25) is 4.79 Å². The van der Waals surface area contributed by atoms with Crippen molar-refractivity contribution in [3.63, 3.8) is 0 Å². The van der Waals surface area contributed by atoms with E-state index >= 15 is 0 Å². The second-order valence-corrected chi connectivity index (χ2v) is 9.37. The molecule has 0 aromatic heterocycles. The van der Waals surface area contributed by atoms with Gasteiger partial charge in [-0.05, 0) is 41.8 Å². The average molecular weight is 439 g/mol. The summed E-state index contributed by atoms with van der Waals surface area (Å²) in [5.74, 6) is -0.340. The number of para-hydroxylation sites is 1. The highest BCUT2D eigenvalue weighted by Gasteiger charge is 2.30. The van der Waals surface area contributed by atoms with Crippen molar-refractivity contribution in [1.82, 2.24) is 9.91 Å². The molecule has 1 saturated heterocycles. The highest BCUT2D eigenvalue weighted by Crippen LogP contribution is 2.28. The zero-order valence-electron chi connectivity index (χ0n) is 17.4. The van der Waals surface area contributed by atoms with Crippen LogP contribution in [-0.4, -0.2) is 50.4 Å². The number of likely N-dealkylation sites (N-methyl/N-ethyl adjacent to an activating group) is 1. The van der Waals surface area contributed by atoms with Crippen LogP contribution in [0.4, 0.5) is 5.69 Å². The van der Waals surface area contributed by atoms with E-state index in [1.54, 1.807) is 30.1 Å². The van der Waals surface area contributed by atoms with E-state index in [9.17, 15) is 13.2 Å². The number of nitrogens with two attached hydrogens (primary N) is 1. The molecule has 1 aliphatic rings. The van der Waals surface area contributed by atoms with Crippen molar-refractivity contribution in [1.29, 1.82) is 0 Å². The van der Waals surface area contributed by atoms with E-state index in [0.29, 0.717) is 11.9 Å². The summed E-state index contributed by atoms with van der Waals surface area (Å²) in [5, 5.41) is 8.93. The molecule has 3 aromatic carbocycles. The van der Waals surface area contributed by atoms with Crippen LogP contribution in [0.3, 0.4) is 0 Å². The predicted octanol–water partition coefficient (Wildman–Crippen LogP) is 3.05. The fourth-order valence-corrected chi connectivity index (χ4v) is 4.86. The van der Waals surface area contributed by atoms with Crippen molar-refractivity contribution in [3.05, 3.63) is 72.3 Å². The molecule has 1 fully saturated rings. The molecule has 1 amide bonds. The number of nitrogens with one attached hydrogen (secondary N) is 1. The van der Waals surface area contributed by atoms with Gasteiger partial charge in [0, 0.05) is 31.9 Å². The van der Waals surface area contributed by atoms with E-state index in [2.05, 4.69) is 10.4 Å². The third-order valence-electron chi connectivity index (χ3n) is 5.74. The summed E-state index contributed by atoms with van der Waals surface area (Å²) in [6, 6.07) is 20.2. The number of hydrogen-bond acceptors (Lipinski definition) is 5. The third kappa shape index (κ3) is 4.56. The summed E-state index contributed by atoms with van der Waals surface area (Å²) in [7, 11) is -2.33. The number of benzene rings is 3. The number of carbonyl (C=O) groups excluding carboxylic acids is 1. The Balaban J connectivity index is 1.63. The second kappa shape index (κ2) is 8.66. The molecule has 1 atom stereocenters. The van der Waals surface area contributed by atoms with Crippen molar-refractivity contribution < 1.29 is 13.2 Å². The summed E-state index contributed by atoms with van der Waals surface area (Å²) in [4.78, 5) is 15.1. The minimum Gasteiger partial charge on any atom is -0.337 e. The summed E-state index contributed by atoms with van der Waals surface area (Å²) < 4.78 is 24.5. The predicted molar refractivity (Wildman–Crippen MR) is 122 cm³/mol. The van der Waals surface area contributed by atoms with E-state index in [-0.39, 0.29) is 22.4 Å². The van der Waals surface area contributed by atoms with Gasteiger partial charge in [0.25, 0.3) is 5.91 Å². The maximum Gasteiger partial charge on any atom is 0.255 e. The average Bonchev–Trinajstić information content (AvgIpc) is 2.77. The van der Waals surface area contributed by atoms with Crippen LogP contribution in [0.25, 0.3) is 10.8 Å². The van der Waals surface area contributed by atoms with Gasteiger partial charge in [0.05, 0.1) is 10.5 Å². The lowest BCUT2D eigenvalue weighted by Crippen LogP contribution is -2.50. The minimum absolute atomic E-state index is 0.0650. The van der Waals surface area contributed by atoms with Crippen molar-refractivity contribution >= 4 is 32.4 Å². The number of hydrogen-bond donors (Lipinski definition) is 2. The third-order valence-corrected chi connectivity index (χ3v) is 6.69. The van der Waals surface area contributed by atoms with Gasteiger partial charge in [-0.25, -0.2) is 18.6 Å². The standard InChI is InChI=1S/C23H26N4O3S/c1-26(19-11-7-15-27(16-19)25-18-9-3-2-4-10-18)23(28)22-20-12-6-5-8-17(20)13-14-21(22)31(24,29)30/h2-6,8-10,12-14,19,25H,7,11,15-16H2,1H3,(H2,24,29,30)/t19-/m0/s1. The maximum absolute atomic E-state index is 13.6. The molecule has 31 heavy (non-hydrogen) atoms. The zero-order chi connectivity index (χ0) is 22.0. The second-order valence-electron chi connectivity index (χ2n) is 7.84. The van der Waals surface area contributed by atoms with E-state index in [1.807, 2.05) is 42.5 Å². The van der Waals surface area contributed by atoms with Crippen LogP contribution >= 0.6 is 0 Å². The fourth-order valence-electron chi connectivity index (χ4n) is 4.12. The maximum atomic E-state index is 13.6. The fraction of sp³-hybridized carbons (Fsp3) is 0.261. The Morgan fingerprint density at radius 2 is 1.77 bits per heavy atom. The molecule has 0 radical (unpaired) electrons. The Morgan fingerprint density at radius 3 is 2.52 bits per heavy atom. The van der Waals surface area contributed by atoms with E-state index in [0.717, 1.165) is 30.5 Å². The number of nitrogens with zero attached hydrogens (tertiary/aromatic N) is 2. The molecule has 0 bridgehead atoms. The number of hydrazine groups is 1. The number of anilines is 1. The summed E-state index contributed by atoms with van der Waals surface area (Å²) in [5.41, 5.74) is 4.51. The highest BCUT2D eigenvalue weighted by molar-refractivity contribution is 7.89. The molecule has 7 nitrogen and oxygen atoms in total. The monoisotopic (exact) mass is 438 g/mol. The normalized spacial score (nSPS) is 17.4. The van der Waals surface area contributed by atoms with Gasteiger partial charge in [-0.1, -0.05) is 48.5 Å². The number of rotatable bonds is 5. The number of sulfonamides is 1. The molecule has 0 unspecified atom stereocenters. The first-order chi connectivity index (χ1) is 14.8. The summed E-state index contributed by atoms with van der Waals surface area (Å²) in [6.07, 6.45) is 1.75. The molecular weight excluding hydrogens is 412 g/mol. The zero-order valence-corrected chi connectivity index (χ0v) is 18.2. The quantitative estimate of drug-likeness (QED) is 0.638. The smallest absolute Gasteiger partial charge is 0.255 e. The first-order valence-corrected chi connectivity index (χ1v) is 11.8. The number of carbonyl (C=O) groups is 1. The van der Waals surface area contributed by atoms with Gasteiger partial charge in [0.1, 0.15) is 0 Å². The van der Waals surface area contributed by atoms with E-state index in [1.165, 1.54) is 6.07 Å². The van der Waals surface area contributed by atoms with Gasteiger partial charge >= 0.3 is 0 Å². The molecule has 4 rings (SSSR count). The molecule has 162 valence electrons. The lowest BCUT2D eigenvalue weighted by atomic mass is 10.0. The molecule has 0 saturated carbocycles.